The van der Waals surface area contributed by atoms with Crippen molar-refractivity contribution < 1.29 is 14.3 Å². The van der Waals surface area contributed by atoms with Crippen molar-refractivity contribution in [3.05, 3.63) is 69.0 Å². The predicted molar refractivity (Wildman–Crippen MR) is 113 cm³/mol. The average Bonchev–Trinajstić information content (AvgIpc) is 3.17. The summed E-state index contributed by atoms with van der Waals surface area (Å²) < 4.78 is 13.6. The Labute approximate surface area is 175 Å². The van der Waals surface area contributed by atoms with Crippen LogP contribution in [-0.2, 0) is 6.54 Å². The monoisotopic (exact) mass is 497 g/mol. The van der Waals surface area contributed by atoms with Gasteiger partial charge in [0.15, 0.2) is 0 Å². The highest BCUT2D eigenvalue weighted by Crippen LogP contribution is 2.29. The maximum Gasteiger partial charge on any atom is 0.259 e. The van der Waals surface area contributed by atoms with Crippen molar-refractivity contribution in [1.29, 1.82) is 0 Å². The second-order valence-electron chi connectivity index (χ2n) is 5.57. The maximum absolute atomic E-state index is 12.6. The lowest BCUT2D eigenvalue weighted by molar-refractivity contribution is 0.102. The Balaban J connectivity index is 1.67. The highest BCUT2D eigenvalue weighted by molar-refractivity contribution is 14.1. The molecule has 3 rings (SSSR count). The number of hydrogen-bond donors (Lipinski definition) is 1. The SMILES string of the molecule is COc1cc(I)c(Cl)cc1C(=O)Nc1cccc(OCCn2cccn2)c1. The first-order chi connectivity index (χ1) is 13.1. The lowest BCUT2D eigenvalue weighted by Gasteiger charge is -2.12. The molecule has 0 aliphatic rings. The number of aromatic nitrogens is 2. The number of rotatable bonds is 7. The summed E-state index contributed by atoms with van der Waals surface area (Å²) in [5.41, 5.74) is 0.987. The minimum atomic E-state index is -0.307. The maximum atomic E-state index is 12.6. The molecule has 8 heteroatoms. The van der Waals surface area contributed by atoms with Crippen molar-refractivity contribution in [2.24, 2.45) is 0 Å². The molecule has 0 fully saturated rings. The minimum Gasteiger partial charge on any atom is -0.496 e. The normalized spacial score (nSPS) is 10.5. The number of carbonyl (C=O) groups excluding carboxylic acids is 1. The Bertz CT molecular complexity index is 932. The molecule has 0 bridgehead atoms. The molecule has 1 N–H and O–H groups in total. The molecule has 0 aliphatic carbocycles. The van der Waals surface area contributed by atoms with Crippen molar-refractivity contribution in [2.45, 2.75) is 6.54 Å². The van der Waals surface area contributed by atoms with Gasteiger partial charge in [-0.1, -0.05) is 17.7 Å². The van der Waals surface area contributed by atoms with Crippen LogP contribution in [0, 0.1) is 3.57 Å². The lowest BCUT2D eigenvalue weighted by Crippen LogP contribution is -2.14. The lowest BCUT2D eigenvalue weighted by atomic mass is 10.2. The Hall–Kier alpha value is -2.26. The van der Waals surface area contributed by atoms with Crippen LogP contribution in [0.25, 0.3) is 0 Å². The average molecular weight is 498 g/mol. The predicted octanol–water partition coefficient (Wildman–Crippen LogP) is 4.48. The molecule has 140 valence electrons. The van der Waals surface area contributed by atoms with Crippen LogP contribution >= 0.6 is 34.2 Å². The molecular formula is C19H17ClIN3O3. The number of hydrogen-bond acceptors (Lipinski definition) is 4. The summed E-state index contributed by atoms with van der Waals surface area (Å²) in [6.45, 7) is 1.11. The highest BCUT2D eigenvalue weighted by atomic mass is 127. The first-order valence-corrected chi connectivity index (χ1v) is 9.57. The first kappa shape index (κ1) is 19.5. The van der Waals surface area contributed by atoms with E-state index in [1.807, 2.05) is 24.4 Å². The second-order valence-corrected chi connectivity index (χ2v) is 7.14. The Morgan fingerprint density at radius 2 is 2.15 bits per heavy atom. The fraction of sp³-hybridized carbons (Fsp3) is 0.158. The molecule has 1 amide bonds. The van der Waals surface area contributed by atoms with Gasteiger partial charge in [-0.15, -0.1) is 0 Å². The second kappa shape index (κ2) is 9.09. The van der Waals surface area contributed by atoms with E-state index in [0.717, 1.165) is 3.57 Å². The molecule has 27 heavy (non-hydrogen) atoms. The third kappa shape index (κ3) is 5.14. The summed E-state index contributed by atoms with van der Waals surface area (Å²) in [5, 5.41) is 7.47. The number of carbonyl (C=O) groups is 1. The van der Waals surface area contributed by atoms with Gasteiger partial charge in [-0.3, -0.25) is 9.48 Å². The van der Waals surface area contributed by atoms with Gasteiger partial charge in [0.1, 0.15) is 18.1 Å². The van der Waals surface area contributed by atoms with Crippen LogP contribution in [0.4, 0.5) is 5.69 Å². The van der Waals surface area contributed by atoms with Gasteiger partial charge >= 0.3 is 0 Å². The number of nitrogens with one attached hydrogen (secondary N) is 1. The van der Waals surface area contributed by atoms with Crippen molar-refractivity contribution in [2.75, 3.05) is 19.0 Å². The Morgan fingerprint density at radius 1 is 1.30 bits per heavy atom. The molecular weight excluding hydrogens is 481 g/mol. The van der Waals surface area contributed by atoms with Gasteiger partial charge in [-0.25, -0.2) is 0 Å². The minimum absolute atomic E-state index is 0.307. The summed E-state index contributed by atoms with van der Waals surface area (Å²) in [7, 11) is 1.52. The van der Waals surface area contributed by atoms with Gasteiger partial charge in [-0.05, 0) is 52.9 Å². The zero-order chi connectivity index (χ0) is 19.2. The van der Waals surface area contributed by atoms with E-state index in [1.165, 1.54) is 7.11 Å². The van der Waals surface area contributed by atoms with Gasteiger partial charge in [0.2, 0.25) is 0 Å². The first-order valence-electron chi connectivity index (χ1n) is 8.11. The van der Waals surface area contributed by atoms with E-state index in [4.69, 9.17) is 21.1 Å². The Morgan fingerprint density at radius 3 is 2.89 bits per heavy atom. The third-order valence-corrected chi connectivity index (χ3v) is 5.25. The zero-order valence-electron chi connectivity index (χ0n) is 14.5. The summed E-state index contributed by atoms with van der Waals surface area (Å²) in [5.74, 6) is 0.819. The largest absolute Gasteiger partial charge is 0.496 e. The van der Waals surface area contributed by atoms with Crippen LogP contribution in [0.3, 0.4) is 0 Å². The van der Waals surface area contributed by atoms with Crippen LogP contribution in [0.1, 0.15) is 10.4 Å². The zero-order valence-corrected chi connectivity index (χ0v) is 17.4. The van der Waals surface area contributed by atoms with Crippen LogP contribution in [0.5, 0.6) is 11.5 Å². The number of ether oxygens (including phenoxy) is 2. The fourth-order valence-electron chi connectivity index (χ4n) is 2.43. The molecule has 0 spiro atoms. The number of benzene rings is 2. The van der Waals surface area contributed by atoms with Gasteiger partial charge in [-0.2, -0.15) is 5.10 Å². The topological polar surface area (TPSA) is 65.4 Å². The number of anilines is 1. The Kier molecular flexibility index (Phi) is 6.57. The van der Waals surface area contributed by atoms with E-state index in [9.17, 15) is 4.79 Å². The molecule has 2 aromatic carbocycles. The molecule has 0 radical (unpaired) electrons. The molecule has 0 atom stereocenters. The number of amides is 1. The third-order valence-electron chi connectivity index (χ3n) is 3.73. The molecule has 0 unspecified atom stereocenters. The van der Waals surface area contributed by atoms with Gasteiger partial charge in [0.25, 0.3) is 5.91 Å². The molecule has 0 saturated heterocycles. The highest BCUT2D eigenvalue weighted by Gasteiger charge is 2.15. The van der Waals surface area contributed by atoms with Crippen LogP contribution in [0.15, 0.2) is 54.9 Å². The van der Waals surface area contributed by atoms with Gasteiger partial charge < -0.3 is 14.8 Å². The standard InChI is InChI=1S/C19H17ClIN3O3/c1-26-18-12-17(21)16(20)11-15(18)19(25)23-13-4-2-5-14(10-13)27-9-8-24-7-3-6-22-24/h2-7,10-12H,8-9H2,1H3,(H,23,25). The molecule has 1 aromatic heterocycles. The molecule has 0 aliphatic heterocycles. The van der Waals surface area contributed by atoms with Crippen molar-refractivity contribution in [3.63, 3.8) is 0 Å². The van der Waals surface area contributed by atoms with E-state index in [0.29, 0.717) is 40.9 Å². The van der Waals surface area contributed by atoms with E-state index >= 15 is 0 Å². The smallest absolute Gasteiger partial charge is 0.259 e. The van der Waals surface area contributed by atoms with Crippen molar-refractivity contribution in [1.82, 2.24) is 9.78 Å². The van der Waals surface area contributed by atoms with Crippen LogP contribution in [0.2, 0.25) is 5.02 Å². The molecule has 6 nitrogen and oxygen atoms in total. The summed E-state index contributed by atoms with van der Waals surface area (Å²) in [6.07, 6.45) is 3.60. The molecule has 3 aromatic rings. The van der Waals surface area contributed by atoms with E-state index in [1.54, 1.807) is 35.1 Å². The summed E-state index contributed by atoms with van der Waals surface area (Å²) in [4.78, 5) is 12.6. The number of halogens is 2. The van der Waals surface area contributed by atoms with Crippen molar-refractivity contribution in [3.8, 4) is 11.5 Å². The van der Waals surface area contributed by atoms with E-state index in [-0.39, 0.29) is 5.91 Å². The van der Waals surface area contributed by atoms with Crippen LogP contribution in [-0.4, -0.2) is 29.4 Å². The molecule has 0 saturated carbocycles. The van der Waals surface area contributed by atoms with E-state index < -0.39 is 0 Å². The van der Waals surface area contributed by atoms with Gasteiger partial charge in [0.05, 0.1) is 24.2 Å². The quantitative estimate of drug-likeness (QED) is 0.489. The number of nitrogens with zero attached hydrogens (tertiary/aromatic N) is 2. The van der Waals surface area contributed by atoms with E-state index in [2.05, 4.69) is 33.0 Å². The van der Waals surface area contributed by atoms with Gasteiger partial charge in [0, 0.05) is 27.7 Å². The summed E-state index contributed by atoms with van der Waals surface area (Å²) >= 11 is 8.24. The molecule has 1 heterocycles. The van der Waals surface area contributed by atoms with Crippen LogP contribution < -0.4 is 14.8 Å². The number of methoxy groups -OCH3 is 1. The fourth-order valence-corrected chi connectivity index (χ4v) is 3.03. The summed E-state index contributed by atoms with van der Waals surface area (Å²) in [6, 6.07) is 12.4. The van der Waals surface area contributed by atoms with Crippen molar-refractivity contribution >= 4 is 45.8 Å².